The van der Waals surface area contributed by atoms with Crippen LogP contribution in [0.4, 0.5) is 10.5 Å². The first-order valence-electron chi connectivity index (χ1n) is 7.69. The van der Waals surface area contributed by atoms with Crippen molar-refractivity contribution in [1.82, 2.24) is 15.1 Å². The summed E-state index contributed by atoms with van der Waals surface area (Å²) in [4.78, 5) is 48.6. The molecule has 5 amide bonds. The van der Waals surface area contributed by atoms with Crippen molar-refractivity contribution in [1.29, 1.82) is 0 Å². The highest BCUT2D eigenvalue weighted by atomic mass is 16.2. The number of hydrogen-bond acceptors (Lipinski definition) is 5. The highest BCUT2D eigenvalue weighted by Gasteiger charge is 2.43. The number of carbonyl (C=O) groups is 4. The molecule has 8 heteroatoms. The number of amides is 5. The van der Waals surface area contributed by atoms with Gasteiger partial charge in [-0.05, 0) is 42.5 Å². The van der Waals surface area contributed by atoms with Crippen LogP contribution in [0.2, 0.25) is 0 Å². The van der Waals surface area contributed by atoms with Crippen LogP contribution in [0.25, 0.3) is 0 Å². The summed E-state index contributed by atoms with van der Waals surface area (Å²) in [5, 5.41) is 2.84. The fraction of sp³-hybridized carbons (Fsp3) is 0.375. The number of nitrogen functional groups attached to an aromatic ring is 1. The Morgan fingerprint density at radius 3 is 2.71 bits per heavy atom. The van der Waals surface area contributed by atoms with Crippen LogP contribution in [0.1, 0.15) is 30.0 Å². The second kappa shape index (κ2) is 5.95. The quantitative estimate of drug-likeness (QED) is 0.466. The number of nitrogens with two attached hydrogens (primary N) is 1. The number of hydrogen-bond donors (Lipinski definition) is 2. The van der Waals surface area contributed by atoms with E-state index < -0.39 is 30.3 Å². The zero-order chi connectivity index (χ0) is 17.4. The Balaban J connectivity index is 1.70. The third-order valence-corrected chi connectivity index (χ3v) is 4.37. The van der Waals surface area contributed by atoms with E-state index >= 15 is 0 Å². The van der Waals surface area contributed by atoms with Crippen LogP contribution in [-0.2, 0) is 20.8 Å². The largest absolute Gasteiger partial charge is 0.399 e. The van der Waals surface area contributed by atoms with Crippen LogP contribution in [0.5, 0.6) is 0 Å². The fourth-order valence-corrected chi connectivity index (χ4v) is 3.12. The zero-order valence-corrected chi connectivity index (χ0v) is 13.2. The molecule has 126 valence electrons. The summed E-state index contributed by atoms with van der Waals surface area (Å²) < 4.78 is 0. The maximum atomic E-state index is 12.2. The molecule has 1 aliphatic carbocycles. The van der Waals surface area contributed by atoms with Crippen molar-refractivity contribution in [3.05, 3.63) is 29.3 Å². The average Bonchev–Trinajstić information content (AvgIpc) is 2.72. The molecule has 0 saturated carbocycles. The van der Waals surface area contributed by atoms with Gasteiger partial charge in [0.25, 0.3) is 0 Å². The first-order chi connectivity index (χ1) is 11.4. The van der Waals surface area contributed by atoms with Crippen molar-refractivity contribution in [3.8, 4) is 0 Å². The van der Waals surface area contributed by atoms with Gasteiger partial charge in [0.1, 0.15) is 6.54 Å². The van der Waals surface area contributed by atoms with Gasteiger partial charge in [-0.15, -0.1) is 0 Å². The SMILES string of the molecule is CN1C(=O)C(=O)N(CC(=O)NC2CCCc3cc(N)ccc32)C1=O. The first kappa shape index (κ1) is 16.0. The Hall–Kier alpha value is -2.90. The van der Waals surface area contributed by atoms with Gasteiger partial charge in [-0.3, -0.25) is 19.3 Å². The summed E-state index contributed by atoms with van der Waals surface area (Å²) in [6.07, 6.45) is 2.57. The number of aryl methyl sites for hydroxylation is 1. The topological polar surface area (TPSA) is 113 Å². The van der Waals surface area contributed by atoms with Gasteiger partial charge in [0.15, 0.2) is 0 Å². The Morgan fingerprint density at radius 1 is 1.29 bits per heavy atom. The molecule has 8 nitrogen and oxygen atoms in total. The molecule has 0 radical (unpaired) electrons. The molecule has 3 rings (SSSR count). The number of urea groups is 1. The predicted molar refractivity (Wildman–Crippen MR) is 84.6 cm³/mol. The van der Waals surface area contributed by atoms with Gasteiger partial charge >= 0.3 is 17.8 Å². The third kappa shape index (κ3) is 2.70. The number of fused-ring (bicyclic) bond motifs is 1. The molecule has 1 aromatic rings. The lowest BCUT2D eigenvalue weighted by molar-refractivity contribution is -0.143. The Bertz CT molecular complexity index is 746. The van der Waals surface area contributed by atoms with E-state index in [4.69, 9.17) is 5.73 Å². The lowest BCUT2D eigenvalue weighted by atomic mass is 9.87. The van der Waals surface area contributed by atoms with E-state index in [0.717, 1.165) is 30.4 Å². The minimum absolute atomic E-state index is 0.192. The molecule has 0 spiro atoms. The van der Waals surface area contributed by atoms with Crippen LogP contribution in [0.3, 0.4) is 0 Å². The maximum absolute atomic E-state index is 12.2. The number of anilines is 1. The molecule has 1 aliphatic heterocycles. The highest BCUT2D eigenvalue weighted by molar-refractivity contribution is 6.44. The summed E-state index contributed by atoms with van der Waals surface area (Å²) >= 11 is 0. The summed E-state index contributed by atoms with van der Waals surface area (Å²) in [6.45, 7) is -0.464. The lowest BCUT2D eigenvalue weighted by Crippen LogP contribution is -2.42. The molecule has 1 aromatic carbocycles. The van der Waals surface area contributed by atoms with Crippen molar-refractivity contribution in [3.63, 3.8) is 0 Å². The van der Waals surface area contributed by atoms with E-state index in [1.807, 2.05) is 12.1 Å². The van der Waals surface area contributed by atoms with Crippen LogP contribution in [-0.4, -0.2) is 47.1 Å². The number of imide groups is 2. The van der Waals surface area contributed by atoms with Gasteiger partial charge in [0.05, 0.1) is 6.04 Å². The normalized spacial score (nSPS) is 20.4. The molecule has 1 saturated heterocycles. The maximum Gasteiger partial charge on any atom is 0.334 e. The molecule has 1 heterocycles. The Kier molecular flexibility index (Phi) is 3.96. The second-order valence-corrected chi connectivity index (χ2v) is 6.01. The van der Waals surface area contributed by atoms with Crippen LogP contribution >= 0.6 is 0 Å². The molecule has 24 heavy (non-hydrogen) atoms. The van der Waals surface area contributed by atoms with Crippen molar-refractivity contribution in [2.45, 2.75) is 25.3 Å². The molecule has 0 bridgehead atoms. The zero-order valence-electron chi connectivity index (χ0n) is 13.2. The monoisotopic (exact) mass is 330 g/mol. The summed E-state index contributed by atoms with van der Waals surface area (Å²) in [5.41, 5.74) is 8.55. The summed E-state index contributed by atoms with van der Waals surface area (Å²) in [7, 11) is 1.21. The standard InChI is InChI=1S/C16H18N4O4/c1-19-14(22)15(23)20(16(19)24)8-13(21)18-12-4-2-3-9-7-10(17)5-6-11(9)12/h5-7,12H,2-4,8,17H2,1H3,(H,18,21). The molecule has 1 unspecified atom stereocenters. The molecule has 0 aromatic heterocycles. The summed E-state index contributed by atoms with van der Waals surface area (Å²) in [5.74, 6) is -2.38. The molecular formula is C16H18N4O4. The minimum Gasteiger partial charge on any atom is -0.399 e. The average molecular weight is 330 g/mol. The van der Waals surface area contributed by atoms with Crippen LogP contribution < -0.4 is 11.1 Å². The van der Waals surface area contributed by atoms with Crippen LogP contribution in [0, 0.1) is 0 Å². The van der Waals surface area contributed by atoms with E-state index in [0.29, 0.717) is 15.5 Å². The molecule has 1 fully saturated rings. The van der Waals surface area contributed by atoms with E-state index in [9.17, 15) is 19.2 Å². The van der Waals surface area contributed by atoms with Gasteiger partial charge in [-0.2, -0.15) is 0 Å². The second-order valence-electron chi connectivity index (χ2n) is 6.01. The number of nitrogens with one attached hydrogen (secondary N) is 1. The van der Waals surface area contributed by atoms with Gasteiger partial charge in [0, 0.05) is 12.7 Å². The van der Waals surface area contributed by atoms with E-state index in [-0.39, 0.29) is 6.04 Å². The molecule has 3 N–H and O–H groups in total. The number of carbonyl (C=O) groups excluding carboxylic acids is 4. The number of likely N-dealkylation sites (N-methyl/N-ethyl adjacent to an activating group) is 1. The van der Waals surface area contributed by atoms with E-state index in [1.165, 1.54) is 7.05 Å². The number of rotatable bonds is 3. The van der Waals surface area contributed by atoms with Gasteiger partial charge < -0.3 is 11.1 Å². The predicted octanol–water partition coefficient (Wildman–Crippen LogP) is 0.183. The van der Waals surface area contributed by atoms with Crippen molar-refractivity contribution >= 4 is 29.4 Å². The van der Waals surface area contributed by atoms with Crippen LogP contribution in [0.15, 0.2) is 18.2 Å². The molecule has 1 atom stereocenters. The first-order valence-corrected chi connectivity index (χ1v) is 7.69. The Morgan fingerprint density at radius 2 is 2.04 bits per heavy atom. The fourth-order valence-electron chi connectivity index (χ4n) is 3.12. The Labute approximate surface area is 138 Å². The summed E-state index contributed by atoms with van der Waals surface area (Å²) in [6, 6.07) is 4.59. The molecule has 2 aliphatic rings. The van der Waals surface area contributed by atoms with Gasteiger partial charge in [-0.25, -0.2) is 9.69 Å². The number of benzene rings is 1. The van der Waals surface area contributed by atoms with E-state index in [2.05, 4.69) is 5.32 Å². The van der Waals surface area contributed by atoms with Crippen molar-refractivity contribution in [2.24, 2.45) is 0 Å². The number of nitrogens with zero attached hydrogens (tertiary/aromatic N) is 2. The highest BCUT2D eigenvalue weighted by Crippen LogP contribution is 2.30. The van der Waals surface area contributed by atoms with Gasteiger partial charge in [0.2, 0.25) is 5.91 Å². The van der Waals surface area contributed by atoms with E-state index in [1.54, 1.807) is 6.07 Å². The van der Waals surface area contributed by atoms with Gasteiger partial charge in [-0.1, -0.05) is 6.07 Å². The van der Waals surface area contributed by atoms with Crippen molar-refractivity contribution < 1.29 is 19.2 Å². The minimum atomic E-state index is -0.977. The van der Waals surface area contributed by atoms with Crippen molar-refractivity contribution in [2.75, 3.05) is 19.3 Å². The molecular weight excluding hydrogens is 312 g/mol. The lowest BCUT2D eigenvalue weighted by Gasteiger charge is -2.27. The third-order valence-electron chi connectivity index (χ3n) is 4.37. The smallest absolute Gasteiger partial charge is 0.334 e.